The van der Waals surface area contributed by atoms with Crippen molar-refractivity contribution in [3.63, 3.8) is 0 Å². The van der Waals surface area contributed by atoms with E-state index < -0.39 is 11.4 Å². The third-order valence-corrected chi connectivity index (χ3v) is 2.88. The fraction of sp³-hybridized carbons (Fsp3) is 0.909. The van der Waals surface area contributed by atoms with Crippen LogP contribution in [0.25, 0.3) is 0 Å². The Morgan fingerprint density at radius 3 is 2.23 bits per heavy atom. The molecule has 0 bridgehead atoms. The van der Waals surface area contributed by atoms with Crippen molar-refractivity contribution in [2.45, 2.75) is 59.3 Å². The van der Waals surface area contributed by atoms with E-state index in [2.05, 4.69) is 6.92 Å². The quantitative estimate of drug-likeness (QED) is 0.618. The Balaban J connectivity index is 3.78. The number of hydrogen-bond donors (Lipinski definition) is 1. The van der Waals surface area contributed by atoms with Gasteiger partial charge in [0.15, 0.2) is 0 Å². The predicted octanol–water partition coefficient (Wildman–Crippen LogP) is 3.46. The average Bonchev–Trinajstić information content (AvgIpc) is 2.12. The molecule has 0 saturated heterocycles. The Bertz CT molecular complexity index is 154. The van der Waals surface area contributed by atoms with Gasteiger partial charge in [0, 0.05) is 0 Å². The Kier molecular flexibility index (Phi) is 5.76. The van der Waals surface area contributed by atoms with E-state index in [1.807, 2.05) is 13.8 Å². The Morgan fingerprint density at radius 1 is 1.23 bits per heavy atom. The molecule has 0 fully saturated rings. The molecule has 1 atom stereocenters. The minimum atomic E-state index is -0.647. The summed E-state index contributed by atoms with van der Waals surface area (Å²) in [7, 11) is 0. The fourth-order valence-electron chi connectivity index (χ4n) is 1.38. The summed E-state index contributed by atoms with van der Waals surface area (Å²) in [5.74, 6) is -0.647. The molecule has 0 aromatic rings. The number of carboxylic acid groups (broad SMARTS) is 1. The second-order valence-corrected chi connectivity index (χ2v) is 4.03. The molecule has 2 nitrogen and oxygen atoms in total. The molecule has 0 aromatic heterocycles. The number of carboxylic acids is 1. The van der Waals surface area contributed by atoms with Gasteiger partial charge in [-0.25, -0.2) is 0 Å². The highest BCUT2D eigenvalue weighted by atomic mass is 16.4. The molecule has 0 heterocycles. The standard InChI is InChI=1S/C11H22O2/c1-4-6-7-8-9-11(3,5-2)10(12)13/h4-9H2,1-3H3,(H,12,13). The van der Waals surface area contributed by atoms with E-state index in [0.29, 0.717) is 0 Å². The summed E-state index contributed by atoms with van der Waals surface area (Å²) in [6, 6.07) is 0. The maximum atomic E-state index is 10.9. The minimum Gasteiger partial charge on any atom is -0.481 e. The molecule has 0 aliphatic heterocycles. The molecule has 1 N–H and O–H groups in total. The Morgan fingerprint density at radius 2 is 1.85 bits per heavy atom. The molecule has 13 heavy (non-hydrogen) atoms. The summed E-state index contributed by atoms with van der Waals surface area (Å²) in [6.45, 7) is 5.96. The van der Waals surface area contributed by atoms with E-state index in [4.69, 9.17) is 5.11 Å². The second kappa shape index (κ2) is 6.01. The monoisotopic (exact) mass is 186 g/mol. The van der Waals surface area contributed by atoms with Crippen molar-refractivity contribution < 1.29 is 9.90 Å². The minimum absolute atomic E-state index is 0.492. The maximum absolute atomic E-state index is 10.9. The molecular weight excluding hydrogens is 164 g/mol. The van der Waals surface area contributed by atoms with Crippen molar-refractivity contribution in [1.29, 1.82) is 0 Å². The van der Waals surface area contributed by atoms with Crippen molar-refractivity contribution >= 4 is 5.97 Å². The average molecular weight is 186 g/mol. The first kappa shape index (κ1) is 12.5. The van der Waals surface area contributed by atoms with Crippen molar-refractivity contribution in [3.05, 3.63) is 0 Å². The summed E-state index contributed by atoms with van der Waals surface area (Å²) < 4.78 is 0. The molecular formula is C11H22O2. The molecule has 0 radical (unpaired) electrons. The van der Waals surface area contributed by atoms with Gasteiger partial charge in [-0.2, -0.15) is 0 Å². The van der Waals surface area contributed by atoms with E-state index in [1.165, 1.54) is 19.3 Å². The van der Waals surface area contributed by atoms with Crippen molar-refractivity contribution in [3.8, 4) is 0 Å². The zero-order valence-electron chi connectivity index (χ0n) is 9.10. The van der Waals surface area contributed by atoms with Crippen LogP contribution in [0.2, 0.25) is 0 Å². The van der Waals surface area contributed by atoms with Crippen LogP contribution in [0.3, 0.4) is 0 Å². The second-order valence-electron chi connectivity index (χ2n) is 4.03. The summed E-state index contributed by atoms with van der Waals surface area (Å²) >= 11 is 0. The third-order valence-electron chi connectivity index (χ3n) is 2.88. The smallest absolute Gasteiger partial charge is 0.309 e. The first-order valence-corrected chi connectivity index (χ1v) is 5.30. The normalized spacial score (nSPS) is 15.3. The van der Waals surface area contributed by atoms with E-state index in [0.717, 1.165) is 19.3 Å². The summed E-state index contributed by atoms with van der Waals surface area (Å²) in [5, 5.41) is 8.99. The van der Waals surface area contributed by atoms with E-state index in [1.54, 1.807) is 0 Å². The van der Waals surface area contributed by atoms with Gasteiger partial charge < -0.3 is 5.11 Å². The Hall–Kier alpha value is -0.530. The van der Waals surface area contributed by atoms with Crippen molar-refractivity contribution in [1.82, 2.24) is 0 Å². The van der Waals surface area contributed by atoms with E-state index in [9.17, 15) is 4.79 Å². The number of rotatable bonds is 7. The largest absolute Gasteiger partial charge is 0.481 e. The molecule has 2 heteroatoms. The zero-order chi connectivity index (χ0) is 10.3. The van der Waals surface area contributed by atoms with Crippen LogP contribution in [-0.2, 0) is 4.79 Å². The first-order valence-electron chi connectivity index (χ1n) is 5.30. The molecule has 78 valence electrons. The fourth-order valence-corrected chi connectivity index (χ4v) is 1.38. The third kappa shape index (κ3) is 4.30. The molecule has 0 aliphatic rings. The SMILES string of the molecule is CCCCCCC(C)(CC)C(=O)O. The van der Waals surface area contributed by atoms with Crippen LogP contribution >= 0.6 is 0 Å². The highest BCUT2D eigenvalue weighted by molar-refractivity contribution is 5.73. The lowest BCUT2D eigenvalue weighted by atomic mass is 9.82. The Labute approximate surface area is 81.3 Å². The van der Waals surface area contributed by atoms with Gasteiger partial charge in [0.2, 0.25) is 0 Å². The topological polar surface area (TPSA) is 37.3 Å². The van der Waals surface area contributed by atoms with Crippen LogP contribution in [0.4, 0.5) is 0 Å². The van der Waals surface area contributed by atoms with Gasteiger partial charge in [0.05, 0.1) is 5.41 Å². The van der Waals surface area contributed by atoms with Gasteiger partial charge in [0.25, 0.3) is 0 Å². The summed E-state index contributed by atoms with van der Waals surface area (Å²) in [6.07, 6.45) is 6.19. The van der Waals surface area contributed by atoms with Gasteiger partial charge in [-0.15, -0.1) is 0 Å². The van der Waals surface area contributed by atoms with Gasteiger partial charge in [-0.05, 0) is 19.8 Å². The molecule has 0 amide bonds. The van der Waals surface area contributed by atoms with Crippen LogP contribution in [0.1, 0.15) is 59.3 Å². The lowest BCUT2D eigenvalue weighted by molar-refractivity contribution is -0.148. The van der Waals surface area contributed by atoms with Gasteiger partial charge in [0.1, 0.15) is 0 Å². The number of hydrogen-bond acceptors (Lipinski definition) is 1. The van der Waals surface area contributed by atoms with Gasteiger partial charge in [-0.3, -0.25) is 4.79 Å². The molecule has 0 rings (SSSR count). The highest BCUT2D eigenvalue weighted by Gasteiger charge is 2.29. The van der Waals surface area contributed by atoms with E-state index in [-0.39, 0.29) is 0 Å². The van der Waals surface area contributed by atoms with Crippen LogP contribution in [-0.4, -0.2) is 11.1 Å². The molecule has 0 spiro atoms. The van der Waals surface area contributed by atoms with Gasteiger partial charge in [-0.1, -0.05) is 39.5 Å². The number of carbonyl (C=O) groups is 1. The molecule has 0 aliphatic carbocycles. The van der Waals surface area contributed by atoms with Crippen LogP contribution in [0, 0.1) is 5.41 Å². The molecule has 0 saturated carbocycles. The summed E-state index contributed by atoms with van der Waals surface area (Å²) in [4.78, 5) is 10.9. The summed E-state index contributed by atoms with van der Waals surface area (Å²) in [5.41, 5.74) is -0.492. The van der Waals surface area contributed by atoms with Crippen molar-refractivity contribution in [2.75, 3.05) is 0 Å². The number of unbranched alkanes of at least 4 members (excludes halogenated alkanes) is 3. The maximum Gasteiger partial charge on any atom is 0.309 e. The van der Waals surface area contributed by atoms with E-state index >= 15 is 0 Å². The highest BCUT2D eigenvalue weighted by Crippen LogP contribution is 2.28. The van der Waals surface area contributed by atoms with Crippen LogP contribution < -0.4 is 0 Å². The lowest BCUT2D eigenvalue weighted by Gasteiger charge is -2.22. The van der Waals surface area contributed by atoms with Crippen molar-refractivity contribution in [2.24, 2.45) is 5.41 Å². The number of aliphatic carboxylic acids is 1. The van der Waals surface area contributed by atoms with Crippen LogP contribution in [0.15, 0.2) is 0 Å². The first-order chi connectivity index (χ1) is 6.06. The lowest BCUT2D eigenvalue weighted by Crippen LogP contribution is -2.26. The molecule has 1 unspecified atom stereocenters. The van der Waals surface area contributed by atoms with Gasteiger partial charge >= 0.3 is 5.97 Å². The zero-order valence-corrected chi connectivity index (χ0v) is 9.10. The van der Waals surface area contributed by atoms with Crippen LogP contribution in [0.5, 0.6) is 0 Å². The predicted molar refractivity (Wildman–Crippen MR) is 54.8 cm³/mol. The molecule has 0 aromatic carbocycles.